The molecule has 4 rings (SSSR count). The molecule has 1 aliphatic carbocycles. The molecule has 0 spiro atoms. The SMILES string of the molecule is COC1CCC(N(C)c2ncc3c(n2)N(C)C(=O)N(c2ccccc2Cl)C3)CC1. The van der Waals surface area contributed by atoms with Gasteiger partial charge >= 0.3 is 6.03 Å². The average Bonchev–Trinajstić information content (AvgIpc) is 2.76. The highest BCUT2D eigenvalue weighted by Crippen LogP contribution is 2.34. The predicted octanol–water partition coefficient (Wildman–Crippen LogP) is 4.10. The van der Waals surface area contributed by atoms with Gasteiger partial charge in [0.2, 0.25) is 5.95 Å². The Kier molecular flexibility index (Phi) is 5.61. The van der Waals surface area contributed by atoms with E-state index in [9.17, 15) is 4.79 Å². The van der Waals surface area contributed by atoms with Crippen molar-refractivity contribution >= 4 is 35.1 Å². The van der Waals surface area contributed by atoms with E-state index in [0.717, 1.165) is 31.2 Å². The number of para-hydroxylation sites is 1. The Morgan fingerprint density at radius 3 is 2.62 bits per heavy atom. The fourth-order valence-corrected chi connectivity index (χ4v) is 4.40. The first kappa shape index (κ1) is 19.9. The first-order valence-corrected chi connectivity index (χ1v) is 10.3. The summed E-state index contributed by atoms with van der Waals surface area (Å²) >= 11 is 6.31. The molecule has 1 aliphatic heterocycles. The molecule has 8 heteroatoms. The summed E-state index contributed by atoms with van der Waals surface area (Å²) in [5.41, 5.74) is 1.58. The van der Waals surface area contributed by atoms with Crippen molar-refractivity contribution in [1.29, 1.82) is 0 Å². The van der Waals surface area contributed by atoms with E-state index in [1.165, 1.54) is 0 Å². The molecule has 2 heterocycles. The lowest BCUT2D eigenvalue weighted by Crippen LogP contribution is -2.46. The molecule has 0 saturated heterocycles. The highest BCUT2D eigenvalue weighted by molar-refractivity contribution is 6.34. The van der Waals surface area contributed by atoms with E-state index in [4.69, 9.17) is 21.3 Å². The number of benzene rings is 1. The van der Waals surface area contributed by atoms with Crippen molar-refractivity contribution in [2.24, 2.45) is 0 Å². The molecule has 1 fully saturated rings. The van der Waals surface area contributed by atoms with Crippen LogP contribution in [0.3, 0.4) is 0 Å². The van der Waals surface area contributed by atoms with Gasteiger partial charge in [-0.3, -0.25) is 9.80 Å². The van der Waals surface area contributed by atoms with Gasteiger partial charge in [-0.2, -0.15) is 4.98 Å². The summed E-state index contributed by atoms with van der Waals surface area (Å²) in [6.45, 7) is 0.394. The van der Waals surface area contributed by atoms with E-state index in [0.29, 0.717) is 41.2 Å². The van der Waals surface area contributed by atoms with Gasteiger partial charge in [-0.1, -0.05) is 23.7 Å². The van der Waals surface area contributed by atoms with Crippen molar-refractivity contribution in [2.45, 2.75) is 44.4 Å². The third kappa shape index (κ3) is 3.76. The topological polar surface area (TPSA) is 61.8 Å². The number of hydrogen-bond acceptors (Lipinski definition) is 5. The lowest BCUT2D eigenvalue weighted by molar-refractivity contribution is 0.0659. The number of halogens is 1. The fourth-order valence-electron chi connectivity index (χ4n) is 4.16. The number of carbonyl (C=O) groups is 1. The highest BCUT2D eigenvalue weighted by atomic mass is 35.5. The Morgan fingerprint density at radius 1 is 1.21 bits per heavy atom. The fraction of sp³-hybridized carbons (Fsp3) is 0.476. The van der Waals surface area contributed by atoms with E-state index in [1.807, 2.05) is 31.4 Å². The summed E-state index contributed by atoms with van der Waals surface area (Å²) in [5.74, 6) is 1.30. The van der Waals surface area contributed by atoms with Crippen LogP contribution in [0.25, 0.3) is 0 Å². The lowest BCUT2D eigenvalue weighted by Gasteiger charge is -2.36. The van der Waals surface area contributed by atoms with Crippen LogP contribution in [0.1, 0.15) is 31.2 Å². The lowest BCUT2D eigenvalue weighted by atomic mass is 9.92. The zero-order valence-electron chi connectivity index (χ0n) is 17.0. The number of aromatic nitrogens is 2. The molecular formula is C21H26ClN5O2. The van der Waals surface area contributed by atoms with Crippen LogP contribution >= 0.6 is 11.6 Å². The van der Waals surface area contributed by atoms with Crippen molar-refractivity contribution in [3.63, 3.8) is 0 Å². The highest BCUT2D eigenvalue weighted by Gasteiger charge is 2.32. The Hall–Kier alpha value is -2.38. The number of carbonyl (C=O) groups excluding carboxylic acids is 1. The number of amides is 2. The van der Waals surface area contributed by atoms with Gasteiger partial charge in [0.05, 0.1) is 23.4 Å². The second-order valence-corrected chi connectivity index (χ2v) is 8.08. The number of ether oxygens (including phenoxy) is 1. The zero-order chi connectivity index (χ0) is 20.5. The molecule has 2 aromatic rings. The van der Waals surface area contributed by atoms with Crippen molar-refractivity contribution in [3.8, 4) is 0 Å². The molecule has 7 nitrogen and oxygen atoms in total. The van der Waals surface area contributed by atoms with Crippen LogP contribution in [-0.4, -0.2) is 49.4 Å². The second-order valence-electron chi connectivity index (χ2n) is 7.68. The van der Waals surface area contributed by atoms with Crippen molar-refractivity contribution in [3.05, 3.63) is 41.0 Å². The summed E-state index contributed by atoms with van der Waals surface area (Å²) in [6, 6.07) is 7.58. The summed E-state index contributed by atoms with van der Waals surface area (Å²) in [7, 11) is 5.55. The molecule has 154 valence electrons. The van der Waals surface area contributed by atoms with Crippen molar-refractivity contribution < 1.29 is 9.53 Å². The number of methoxy groups -OCH3 is 1. The van der Waals surface area contributed by atoms with E-state index in [-0.39, 0.29) is 6.03 Å². The monoisotopic (exact) mass is 415 g/mol. The maximum atomic E-state index is 13.0. The minimum absolute atomic E-state index is 0.154. The van der Waals surface area contributed by atoms with Crippen LogP contribution < -0.4 is 14.7 Å². The predicted molar refractivity (Wildman–Crippen MR) is 115 cm³/mol. The number of fused-ring (bicyclic) bond motifs is 1. The molecule has 2 amide bonds. The molecular weight excluding hydrogens is 390 g/mol. The number of urea groups is 1. The van der Waals surface area contributed by atoms with Crippen LogP contribution in [-0.2, 0) is 11.3 Å². The zero-order valence-corrected chi connectivity index (χ0v) is 17.8. The largest absolute Gasteiger partial charge is 0.381 e. The van der Waals surface area contributed by atoms with Gasteiger partial charge in [-0.05, 0) is 37.8 Å². The first-order valence-electron chi connectivity index (χ1n) is 9.91. The normalized spacial score (nSPS) is 21.9. The van der Waals surface area contributed by atoms with Crippen molar-refractivity contribution in [1.82, 2.24) is 9.97 Å². The minimum Gasteiger partial charge on any atom is -0.381 e. The number of anilines is 3. The molecule has 29 heavy (non-hydrogen) atoms. The van der Waals surface area contributed by atoms with Gasteiger partial charge < -0.3 is 9.64 Å². The minimum atomic E-state index is -0.154. The van der Waals surface area contributed by atoms with E-state index < -0.39 is 0 Å². The molecule has 0 unspecified atom stereocenters. The number of rotatable bonds is 4. The molecule has 1 aromatic carbocycles. The van der Waals surface area contributed by atoms with Crippen LogP contribution in [0, 0.1) is 0 Å². The summed E-state index contributed by atoms with van der Waals surface area (Å²) in [6.07, 6.45) is 6.35. The Balaban J connectivity index is 1.57. The van der Waals surface area contributed by atoms with Gasteiger partial charge in [0.25, 0.3) is 0 Å². The quantitative estimate of drug-likeness (QED) is 0.752. The molecule has 2 aliphatic rings. The molecule has 0 atom stereocenters. The van der Waals surface area contributed by atoms with Gasteiger partial charge in [0.1, 0.15) is 5.82 Å². The maximum Gasteiger partial charge on any atom is 0.330 e. The first-order chi connectivity index (χ1) is 14.0. The van der Waals surface area contributed by atoms with Crippen LogP contribution in [0.5, 0.6) is 0 Å². The second kappa shape index (κ2) is 8.16. The Morgan fingerprint density at radius 2 is 1.93 bits per heavy atom. The average molecular weight is 416 g/mol. The summed E-state index contributed by atoms with van der Waals surface area (Å²) < 4.78 is 5.47. The van der Waals surface area contributed by atoms with Gasteiger partial charge in [-0.15, -0.1) is 0 Å². The van der Waals surface area contributed by atoms with E-state index in [1.54, 1.807) is 30.0 Å². The number of nitrogens with zero attached hydrogens (tertiary/aromatic N) is 5. The Bertz CT molecular complexity index is 900. The molecule has 1 aromatic heterocycles. The smallest absolute Gasteiger partial charge is 0.330 e. The number of hydrogen-bond donors (Lipinski definition) is 0. The maximum absolute atomic E-state index is 13.0. The van der Waals surface area contributed by atoms with Crippen LogP contribution in [0.2, 0.25) is 5.02 Å². The van der Waals surface area contributed by atoms with E-state index >= 15 is 0 Å². The third-order valence-electron chi connectivity index (χ3n) is 5.98. The van der Waals surface area contributed by atoms with Gasteiger partial charge in [-0.25, -0.2) is 9.78 Å². The molecule has 0 N–H and O–H groups in total. The van der Waals surface area contributed by atoms with Crippen LogP contribution in [0.15, 0.2) is 30.5 Å². The van der Waals surface area contributed by atoms with Gasteiger partial charge in [0.15, 0.2) is 0 Å². The summed E-state index contributed by atoms with van der Waals surface area (Å²) in [4.78, 5) is 27.7. The molecule has 1 saturated carbocycles. The van der Waals surface area contributed by atoms with Gasteiger partial charge in [0, 0.05) is 39.0 Å². The standard InChI is InChI=1S/C21H26ClN5O2/c1-25(15-8-10-16(29-3)11-9-15)20-23-12-14-13-27(18-7-5-4-6-17(18)22)21(28)26(2)19(14)24-20/h4-7,12,15-16H,8-11,13H2,1-3H3. The summed E-state index contributed by atoms with van der Waals surface area (Å²) in [5, 5.41) is 0.543. The van der Waals surface area contributed by atoms with E-state index in [2.05, 4.69) is 9.88 Å². The molecule has 0 bridgehead atoms. The van der Waals surface area contributed by atoms with Crippen LogP contribution in [0.4, 0.5) is 22.2 Å². The van der Waals surface area contributed by atoms with Crippen molar-refractivity contribution in [2.75, 3.05) is 35.9 Å². The Labute approximate surface area is 176 Å². The molecule has 0 radical (unpaired) electrons. The third-order valence-corrected chi connectivity index (χ3v) is 6.30.